The fourth-order valence-corrected chi connectivity index (χ4v) is 4.40. The van der Waals surface area contributed by atoms with Crippen LogP contribution in [0, 0.1) is 5.92 Å². The summed E-state index contributed by atoms with van der Waals surface area (Å²) >= 11 is 1.86. The molecule has 110 valence electrons. The molecule has 2 aliphatic rings. The van der Waals surface area contributed by atoms with Crippen molar-refractivity contribution in [3.8, 4) is 0 Å². The normalized spacial score (nSPS) is 29.2. The summed E-state index contributed by atoms with van der Waals surface area (Å²) in [6.45, 7) is 2.28. The van der Waals surface area contributed by atoms with Crippen molar-refractivity contribution in [2.75, 3.05) is 12.5 Å². The number of rotatable bonds is 3. The quantitative estimate of drug-likeness (QED) is 0.659. The molecule has 1 aliphatic heterocycles. The van der Waals surface area contributed by atoms with Gasteiger partial charge in [0.2, 0.25) is 0 Å². The maximum atomic E-state index is 5.89. The molecule has 6 heteroatoms. The van der Waals surface area contributed by atoms with Gasteiger partial charge in [0, 0.05) is 24.2 Å². The first-order chi connectivity index (χ1) is 9.68. The van der Waals surface area contributed by atoms with Gasteiger partial charge >= 0.3 is 0 Å². The van der Waals surface area contributed by atoms with Crippen LogP contribution in [0.15, 0.2) is 0 Å². The summed E-state index contributed by atoms with van der Waals surface area (Å²) in [5.41, 5.74) is 4.66. The maximum Gasteiger partial charge on any atom is 0.162 e. The Hall–Kier alpha value is -0.850. The van der Waals surface area contributed by atoms with E-state index in [2.05, 4.69) is 17.3 Å². The van der Waals surface area contributed by atoms with Crippen LogP contribution in [0.3, 0.4) is 0 Å². The van der Waals surface area contributed by atoms with Gasteiger partial charge in [0.15, 0.2) is 5.82 Å². The number of nitrogens with two attached hydrogens (primary N) is 1. The molecule has 1 saturated carbocycles. The number of hydrogen-bond donors (Lipinski definition) is 2. The van der Waals surface area contributed by atoms with Crippen LogP contribution in [0.5, 0.6) is 0 Å². The molecule has 0 bridgehead atoms. The van der Waals surface area contributed by atoms with E-state index in [9.17, 15) is 0 Å². The Balaban J connectivity index is 2.04. The summed E-state index contributed by atoms with van der Waals surface area (Å²) in [7, 11) is 1.78. The minimum Gasteiger partial charge on any atom is -0.370 e. The van der Waals surface area contributed by atoms with Crippen LogP contribution in [-0.4, -0.2) is 17.1 Å². The van der Waals surface area contributed by atoms with E-state index in [4.69, 9.17) is 15.6 Å². The molecule has 0 aromatic carbocycles. The first kappa shape index (κ1) is 14.1. The third-order valence-corrected chi connectivity index (χ3v) is 5.44. The number of thioether (sulfide) groups is 1. The Labute approximate surface area is 124 Å². The van der Waals surface area contributed by atoms with E-state index in [1.54, 1.807) is 7.11 Å². The van der Waals surface area contributed by atoms with E-state index >= 15 is 0 Å². The summed E-state index contributed by atoms with van der Waals surface area (Å²) in [6.07, 6.45) is 4.40. The van der Waals surface area contributed by atoms with E-state index in [-0.39, 0.29) is 5.60 Å². The smallest absolute Gasteiger partial charge is 0.162 e. The molecule has 3 N–H and O–H groups in total. The Morgan fingerprint density at radius 1 is 1.40 bits per heavy atom. The highest BCUT2D eigenvalue weighted by Gasteiger charge is 2.40. The van der Waals surface area contributed by atoms with Crippen LogP contribution in [0.25, 0.3) is 0 Å². The van der Waals surface area contributed by atoms with Crippen LogP contribution >= 0.6 is 11.8 Å². The Kier molecular flexibility index (Phi) is 3.88. The number of nitrogens with one attached hydrogen (secondary N) is 1. The van der Waals surface area contributed by atoms with E-state index < -0.39 is 0 Å². The number of nitrogen functional groups attached to an aromatic ring is 1. The van der Waals surface area contributed by atoms with Crippen LogP contribution in [0.1, 0.15) is 49.7 Å². The van der Waals surface area contributed by atoms with Gasteiger partial charge in [0.1, 0.15) is 11.4 Å². The molecule has 2 heterocycles. The van der Waals surface area contributed by atoms with E-state index in [1.165, 1.54) is 6.42 Å². The molecule has 1 aromatic rings. The third-order valence-electron chi connectivity index (χ3n) is 4.47. The lowest BCUT2D eigenvalue weighted by molar-refractivity contribution is -0.0646. The van der Waals surface area contributed by atoms with Crippen molar-refractivity contribution < 1.29 is 4.74 Å². The standard InChI is InChI=1S/C14H22N4OS/c1-9-4-3-5-14(6-9,19-2)13-16-11-8-20-7-10(11)12(17-13)18-15/h9H,3-8,15H2,1-2H3,(H,16,17,18). The van der Waals surface area contributed by atoms with Gasteiger partial charge in [-0.05, 0) is 25.2 Å². The van der Waals surface area contributed by atoms with E-state index in [0.717, 1.165) is 53.7 Å². The molecule has 0 saturated heterocycles. The highest BCUT2D eigenvalue weighted by molar-refractivity contribution is 7.98. The van der Waals surface area contributed by atoms with Gasteiger partial charge in [-0.3, -0.25) is 0 Å². The number of ether oxygens (including phenoxy) is 1. The van der Waals surface area contributed by atoms with Crippen molar-refractivity contribution in [3.05, 3.63) is 17.1 Å². The zero-order chi connectivity index (χ0) is 14.2. The van der Waals surface area contributed by atoms with Crippen LogP contribution in [0.2, 0.25) is 0 Å². The van der Waals surface area contributed by atoms with Crippen molar-refractivity contribution in [1.82, 2.24) is 9.97 Å². The molecule has 1 aromatic heterocycles. The van der Waals surface area contributed by atoms with Crippen molar-refractivity contribution >= 4 is 17.6 Å². The number of hydrazine groups is 1. The largest absolute Gasteiger partial charge is 0.370 e. The van der Waals surface area contributed by atoms with E-state index in [0.29, 0.717) is 5.92 Å². The molecule has 0 spiro atoms. The lowest BCUT2D eigenvalue weighted by Crippen LogP contribution is -2.36. The number of anilines is 1. The minimum atomic E-state index is -0.342. The zero-order valence-corrected chi connectivity index (χ0v) is 12.9. The second-order valence-corrected chi connectivity index (χ2v) is 6.84. The summed E-state index contributed by atoms with van der Waals surface area (Å²) in [6, 6.07) is 0. The Morgan fingerprint density at radius 2 is 2.25 bits per heavy atom. The highest BCUT2D eigenvalue weighted by atomic mass is 32.2. The first-order valence-electron chi connectivity index (χ1n) is 7.18. The average Bonchev–Trinajstić information content (AvgIpc) is 2.94. The molecule has 1 aliphatic carbocycles. The monoisotopic (exact) mass is 294 g/mol. The molecule has 0 amide bonds. The Bertz CT molecular complexity index is 510. The van der Waals surface area contributed by atoms with Gasteiger partial charge in [-0.25, -0.2) is 15.8 Å². The van der Waals surface area contributed by atoms with Crippen molar-refractivity contribution in [1.29, 1.82) is 0 Å². The predicted octanol–water partition coefficient (Wildman–Crippen LogP) is 2.56. The first-order valence-corrected chi connectivity index (χ1v) is 8.34. The van der Waals surface area contributed by atoms with Crippen molar-refractivity contribution in [3.63, 3.8) is 0 Å². The zero-order valence-electron chi connectivity index (χ0n) is 12.1. The molecule has 1 fully saturated rings. The number of methoxy groups -OCH3 is 1. The van der Waals surface area contributed by atoms with E-state index in [1.807, 2.05) is 11.8 Å². The van der Waals surface area contributed by atoms with Crippen LogP contribution < -0.4 is 11.3 Å². The fourth-order valence-electron chi connectivity index (χ4n) is 3.36. The number of nitrogens with zero attached hydrogens (tertiary/aromatic N) is 2. The molecule has 3 rings (SSSR count). The fraction of sp³-hybridized carbons (Fsp3) is 0.714. The topological polar surface area (TPSA) is 73.1 Å². The predicted molar refractivity (Wildman–Crippen MR) is 81.2 cm³/mol. The summed E-state index contributed by atoms with van der Waals surface area (Å²) < 4.78 is 5.89. The molecular formula is C14H22N4OS. The van der Waals surface area contributed by atoms with Gasteiger partial charge in [0.25, 0.3) is 0 Å². The van der Waals surface area contributed by atoms with Crippen LogP contribution in [0.4, 0.5) is 5.82 Å². The van der Waals surface area contributed by atoms with Crippen molar-refractivity contribution in [2.24, 2.45) is 11.8 Å². The second kappa shape index (κ2) is 5.50. The molecule has 0 radical (unpaired) electrons. The minimum absolute atomic E-state index is 0.342. The Morgan fingerprint density at radius 3 is 2.95 bits per heavy atom. The maximum absolute atomic E-state index is 5.89. The van der Waals surface area contributed by atoms with Gasteiger partial charge in [-0.2, -0.15) is 11.8 Å². The summed E-state index contributed by atoms with van der Waals surface area (Å²) in [5.74, 6) is 9.74. The average molecular weight is 294 g/mol. The molecule has 2 atom stereocenters. The lowest BCUT2D eigenvalue weighted by atomic mass is 9.78. The molecular weight excluding hydrogens is 272 g/mol. The molecule has 5 nitrogen and oxygen atoms in total. The van der Waals surface area contributed by atoms with Gasteiger partial charge in [-0.15, -0.1) is 0 Å². The third kappa shape index (κ3) is 2.29. The SMILES string of the molecule is COC1(c2nc3c(c(NN)n2)CSC3)CCCC(C)C1. The van der Waals surface area contributed by atoms with Gasteiger partial charge in [0.05, 0.1) is 5.69 Å². The van der Waals surface area contributed by atoms with Gasteiger partial charge in [-0.1, -0.05) is 13.3 Å². The lowest BCUT2D eigenvalue weighted by Gasteiger charge is -2.37. The number of aromatic nitrogens is 2. The number of fused-ring (bicyclic) bond motifs is 1. The summed E-state index contributed by atoms with van der Waals surface area (Å²) in [4.78, 5) is 9.49. The molecule has 2 unspecified atom stereocenters. The van der Waals surface area contributed by atoms with Gasteiger partial charge < -0.3 is 10.2 Å². The second-order valence-electron chi connectivity index (χ2n) is 5.86. The van der Waals surface area contributed by atoms with Crippen molar-refractivity contribution in [2.45, 2.75) is 49.7 Å². The molecule has 20 heavy (non-hydrogen) atoms. The number of hydrogen-bond acceptors (Lipinski definition) is 6. The van der Waals surface area contributed by atoms with Crippen LogP contribution in [-0.2, 0) is 21.8 Å². The highest BCUT2D eigenvalue weighted by Crippen LogP contribution is 2.43. The summed E-state index contributed by atoms with van der Waals surface area (Å²) in [5, 5.41) is 0.